The average molecular weight is 565 g/mol. The number of hydrogen-bond donors (Lipinski definition) is 1. The predicted molar refractivity (Wildman–Crippen MR) is 161 cm³/mol. The summed E-state index contributed by atoms with van der Waals surface area (Å²) in [4.78, 5) is 34.0. The summed E-state index contributed by atoms with van der Waals surface area (Å²) in [6.07, 6.45) is 1.89. The Balaban J connectivity index is 1.24. The topological polar surface area (TPSA) is 45.1 Å². The highest BCUT2D eigenvalue weighted by Gasteiger charge is 2.31. The number of thioether (sulfide) groups is 1. The molecule has 1 N–H and O–H groups in total. The number of rotatable bonds is 6. The van der Waals surface area contributed by atoms with Crippen molar-refractivity contribution in [3.05, 3.63) is 136 Å². The molecule has 41 heavy (non-hydrogen) atoms. The van der Waals surface area contributed by atoms with E-state index in [0.29, 0.717) is 29.2 Å². The van der Waals surface area contributed by atoms with Crippen LogP contribution < -0.4 is 9.80 Å². The van der Waals surface area contributed by atoms with E-state index in [0.717, 1.165) is 35.7 Å². The van der Waals surface area contributed by atoms with Gasteiger partial charge in [-0.05, 0) is 47.5 Å². The van der Waals surface area contributed by atoms with Crippen LogP contribution >= 0.6 is 11.8 Å². The molecule has 0 aromatic heterocycles. The summed E-state index contributed by atoms with van der Waals surface area (Å²) in [5.74, 6) is -0.479. The maximum Gasteiger partial charge on any atom is 0.265 e. The Morgan fingerprint density at radius 2 is 1.54 bits per heavy atom. The highest BCUT2D eigenvalue weighted by Crippen LogP contribution is 2.43. The molecular formula is C34H31FN3O2S+. The van der Waals surface area contributed by atoms with Crippen molar-refractivity contribution in [1.29, 1.82) is 0 Å². The first-order valence-electron chi connectivity index (χ1n) is 13.9. The van der Waals surface area contributed by atoms with E-state index in [-0.39, 0.29) is 24.2 Å². The van der Waals surface area contributed by atoms with Crippen LogP contribution in [0.4, 0.5) is 10.1 Å². The molecule has 0 bridgehead atoms. The molecule has 5 nitrogen and oxygen atoms in total. The number of quaternary nitrogens is 1. The zero-order valence-corrected chi connectivity index (χ0v) is 23.4. The molecule has 7 heteroatoms. The van der Waals surface area contributed by atoms with E-state index < -0.39 is 0 Å². The molecule has 0 spiro atoms. The van der Waals surface area contributed by atoms with Crippen molar-refractivity contribution in [2.24, 2.45) is 0 Å². The van der Waals surface area contributed by atoms with Crippen molar-refractivity contribution in [2.45, 2.75) is 18.0 Å². The van der Waals surface area contributed by atoms with E-state index in [2.05, 4.69) is 24.3 Å². The van der Waals surface area contributed by atoms with Gasteiger partial charge in [-0.3, -0.25) is 9.59 Å². The lowest BCUT2D eigenvalue weighted by molar-refractivity contribution is -0.917. The zero-order valence-electron chi connectivity index (χ0n) is 22.6. The van der Waals surface area contributed by atoms with Crippen LogP contribution in [0.2, 0.25) is 0 Å². The van der Waals surface area contributed by atoms with Gasteiger partial charge in [0.2, 0.25) is 0 Å². The van der Waals surface area contributed by atoms with E-state index in [1.165, 1.54) is 34.4 Å². The number of hydrogen-bond acceptors (Lipinski definition) is 3. The van der Waals surface area contributed by atoms with E-state index >= 15 is 0 Å². The molecule has 0 unspecified atom stereocenters. The quantitative estimate of drug-likeness (QED) is 0.334. The second-order valence-corrected chi connectivity index (χ2v) is 11.5. The summed E-state index contributed by atoms with van der Waals surface area (Å²) in [5.41, 5.74) is 4.33. The minimum absolute atomic E-state index is 0.0173. The molecule has 206 valence electrons. The summed E-state index contributed by atoms with van der Waals surface area (Å²) in [6.45, 7) is 4.40. The van der Waals surface area contributed by atoms with E-state index in [1.54, 1.807) is 17.0 Å². The van der Waals surface area contributed by atoms with Crippen LogP contribution in [0, 0.1) is 5.82 Å². The Kier molecular flexibility index (Phi) is 7.98. The molecule has 0 saturated carbocycles. The first kappa shape index (κ1) is 27.0. The maximum atomic E-state index is 13.8. The first-order valence-corrected chi connectivity index (χ1v) is 14.7. The maximum absolute atomic E-state index is 13.8. The van der Waals surface area contributed by atoms with Gasteiger partial charge in [0, 0.05) is 16.0 Å². The van der Waals surface area contributed by atoms with E-state index in [9.17, 15) is 14.0 Å². The van der Waals surface area contributed by atoms with Gasteiger partial charge in [-0.15, -0.1) is 0 Å². The van der Waals surface area contributed by atoms with Crippen LogP contribution in [0.15, 0.2) is 113 Å². The lowest BCUT2D eigenvalue weighted by Gasteiger charge is -2.33. The smallest absolute Gasteiger partial charge is 0.265 e. The number of halogens is 1. The standard InChI is InChI=1S/C34H30FN3O2S/c35-29-14-11-27(12-15-29)24-38-30-22-28(13-16-31(30)41-32(34(38)40)21-25-7-3-1-4-8-25)33(39)37-19-17-36(18-20-37)23-26-9-5-2-6-10-26/h1-16,21-22H,17-20,23-24H2/p+1. The number of carbonyl (C=O) groups excluding carboxylic acids is 2. The average Bonchev–Trinajstić information content (AvgIpc) is 3.01. The number of anilines is 1. The first-order chi connectivity index (χ1) is 20.0. The van der Waals surface area contributed by atoms with Gasteiger partial charge in [0.05, 0.1) is 43.3 Å². The zero-order chi connectivity index (χ0) is 28.2. The summed E-state index contributed by atoms with van der Waals surface area (Å²) >= 11 is 1.42. The third-order valence-electron chi connectivity index (χ3n) is 7.58. The van der Waals surface area contributed by atoms with Gasteiger partial charge in [-0.2, -0.15) is 0 Å². The number of carbonyl (C=O) groups is 2. The fraction of sp³-hybridized carbons (Fsp3) is 0.176. The molecule has 6 rings (SSSR count). The van der Waals surface area contributed by atoms with Crippen LogP contribution in [0.3, 0.4) is 0 Å². The van der Waals surface area contributed by atoms with E-state index in [1.807, 2.05) is 65.6 Å². The molecule has 2 heterocycles. The fourth-order valence-corrected chi connectivity index (χ4v) is 6.38. The monoisotopic (exact) mass is 564 g/mol. The van der Waals surface area contributed by atoms with Crippen LogP contribution in [0.1, 0.15) is 27.0 Å². The predicted octanol–water partition coefficient (Wildman–Crippen LogP) is 5.05. The molecule has 4 aromatic rings. The minimum Gasteiger partial charge on any atom is -0.328 e. The van der Waals surface area contributed by atoms with Crippen LogP contribution in [-0.4, -0.2) is 42.9 Å². The van der Waals surface area contributed by atoms with Crippen molar-refractivity contribution in [3.8, 4) is 0 Å². The molecule has 2 aliphatic heterocycles. The Morgan fingerprint density at radius 3 is 2.24 bits per heavy atom. The Hall–Kier alpha value is -4.20. The highest BCUT2D eigenvalue weighted by molar-refractivity contribution is 8.04. The Bertz CT molecular complexity index is 1570. The molecule has 0 aliphatic carbocycles. The van der Waals surface area contributed by atoms with Crippen molar-refractivity contribution in [1.82, 2.24) is 4.90 Å². The van der Waals surface area contributed by atoms with Gasteiger partial charge in [0.25, 0.3) is 11.8 Å². The van der Waals surface area contributed by atoms with Gasteiger partial charge in [0.15, 0.2) is 0 Å². The van der Waals surface area contributed by atoms with E-state index in [4.69, 9.17) is 0 Å². The molecule has 0 atom stereocenters. The normalized spacial score (nSPS) is 16.6. The number of fused-ring (bicyclic) bond motifs is 1. The molecule has 2 aliphatic rings. The van der Waals surface area contributed by atoms with Crippen LogP contribution in [0.5, 0.6) is 0 Å². The lowest BCUT2D eigenvalue weighted by Crippen LogP contribution is -3.13. The summed E-state index contributed by atoms with van der Waals surface area (Å²) in [7, 11) is 0. The summed E-state index contributed by atoms with van der Waals surface area (Å²) in [6, 6.07) is 32.0. The van der Waals surface area contributed by atoms with Crippen molar-refractivity contribution in [2.75, 3.05) is 31.1 Å². The van der Waals surface area contributed by atoms with Crippen molar-refractivity contribution in [3.63, 3.8) is 0 Å². The third-order valence-corrected chi connectivity index (χ3v) is 8.66. The SMILES string of the molecule is O=C(c1ccc2c(c1)N(Cc1ccc(F)cc1)C(=O)C(=Cc1ccccc1)S2)N1CC[NH+](Cc2ccccc2)CC1. The molecule has 1 saturated heterocycles. The largest absolute Gasteiger partial charge is 0.328 e. The lowest BCUT2D eigenvalue weighted by atomic mass is 10.1. The van der Waals surface area contributed by atoms with Crippen molar-refractivity contribution >= 4 is 35.3 Å². The third kappa shape index (κ3) is 6.26. The van der Waals surface area contributed by atoms with Crippen LogP contribution in [-0.2, 0) is 17.9 Å². The van der Waals surface area contributed by atoms with Gasteiger partial charge in [-0.25, -0.2) is 4.39 Å². The van der Waals surface area contributed by atoms with Gasteiger partial charge in [-0.1, -0.05) is 84.6 Å². The fourth-order valence-electron chi connectivity index (χ4n) is 5.34. The summed E-state index contributed by atoms with van der Waals surface area (Å²) < 4.78 is 13.6. The highest BCUT2D eigenvalue weighted by atomic mass is 32.2. The second kappa shape index (κ2) is 12.1. The minimum atomic E-state index is -0.321. The number of nitrogens with zero attached hydrogens (tertiary/aromatic N) is 2. The molecule has 1 fully saturated rings. The van der Waals surface area contributed by atoms with Gasteiger partial charge >= 0.3 is 0 Å². The number of benzene rings is 4. The molecule has 2 amide bonds. The molecule has 0 radical (unpaired) electrons. The summed E-state index contributed by atoms with van der Waals surface area (Å²) in [5, 5.41) is 0. The van der Waals surface area contributed by atoms with Gasteiger partial charge in [0.1, 0.15) is 12.4 Å². The number of piperazine rings is 1. The van der Waals surface area contributed by atoms with Gasteiger partial charge < -0.3 is 14.7 Å². The molecule has 4 aromatic carbocycles. The van der Waals surface area contributed by atoms with Crippen LogP contribution in [0.25, 0.3) is 6.08 Å². The molecular weight excluding hydrogens is 533 g/mol. The number of nitrogens with one attached hydrogen (secondary N) is 1. The van der Waals surface area contributed by atoms with Crippen molar-refractivity contribution < 1.29 is 18.9 Å². The Labute approximate surface area is 243 Å². The second-order valence-electron chi connectivity index (χ2n) is 10.4. The Morgan fingerprint density at radius 1 is 0.854 bits per heavy atom. The number of amides is 2.